The average Bonchev–Trinajstić information content (AvgIpc) is 2.58. The van der Waals surface area contributed by atoms with Crippen LogP contribution < -0.4 is 9.47 Å². The zero-order valence-electron chi connectivity index (χ0n) is 12.3. The maximum Gasteiger partial charge on any atom is 0.343 e. The van der Waals surface area contributed by atoms with Gasteiger partial charge in [-0.2, -0.15) is 4.99 Å². The summed E-state index contributed by atoms with van der Waals surface area (Å²) in [6.45, 7) is -0.373. The van der Waals surface area contributed by atoms with Crippen LogP contribution in [0, 0.1) is 5.82 Å². The van der Waals surface area contributed by atoms with Crippen LogP contribution in [0.15, 0.2) is 35.5 Å². The lowest BCUT2D eigenvalue weighted by Crippen LogP contribution is -2.13. The Morgan fingerprint density at radius 1 is 1.42 bits per heavy atom. The van der Waals surface area contributed by atoms with E-state index in [1.165, 1.54) is 25.5 Å². The van der Waals surface area contributed by atoms with Crippen molar-refractivity contribution in [3.8, 4) is 17.4 Å². The number of ether oxygens (including phenoxy) is 3. The predicted octanol–water partition coefficient (Wildman–Crippen LogP) is 3.19. The van der Waals surface area contributed by atoms with Gasteiger partial charge in [-0.3, -0.25) is 0 Å². The highest BCUT2D eigenvalue weighted by atomic mass is 35.5. The van der Waals surface area contributed by atoms with Gasteiger partial charge in [-0.15, -0.1) is 0 Å². The normalized spacial score (nSPS) is 9.79. The van der Waals surface area contributed by atoms with Crippen molar-refractivity contribution in [2.24, 2.45) is 4.99 Å². The van der Waals surface area contributed by atoms with Crippen LogP contribution in [0.1, 0.15) is 0 Å². The number of hydrogen-bond donors (Lipinski definition) is 0. The van der Waals surface area contributed by atoms with Crippen LogP contribution in [-0.4, -0.2) is 30.7 Å². The Morgan fingerprint density at radius 3 is 2.92 bits per heavy atom. The number of nitrogens with zero attached hydrogens (tertiary/aromatic N) is 2. The van der Waals surface area contributed by atoms with Gasteiger partial charge >= 0.3 is 5.97 Å². The third-order valence-electron chi connectivity index (χ3n) is 2.68. The van der Waals surface area contributed by atoms with E-state index < -0.39 is 11.8 Å². The third-order valence-corrected chi connectivity index (χ3v) is 2.97. The molecule has 0 spiro atoms. The molecule has 2 aromatic rings. The minimum Gasteiger partial charge on any atom is -0.466 e. The molecule has 0 radical (unpaired) electrons. The lowest BCUT2D eigenvalue weighted by atomic mass is 10.3. The van der Waals surface area contributed by atoms with Crippen molar-refractivity contribution in [3.05, 3.63) is 41.3 Å². The summed E-state index contributed by atoms with van der Waals surface area (Å²) < 4.78 is 28.8. The maximum atomic E-state index is 13.6. The molecule has 0 unspecified atom stereocenters. The van der Waals surface area contributed by atoms with Crippen LogP contribution in [0.2, 0.25) is 5.02 Å². The summed E-state index contributed by atoms with van der Waals surface area (Å²) >= 11 is 5.91. The first-order chi connectivity index (χ1) is 11.5. The van der Waals surface area contributed by atoms with Gasteiger partial charge in [0.15, 0.2) is 18.2 Å². The largest absolute Gasteiger partial charge is 0.466 e. The Hall–Kier alpha value is -2.96. The van der Waals surface area contributed by atoms with Crippen molar-refractivity contribution in [1.82, 2.24) is 4.98 Å². The van der Waals surface area contributed by atoms with Gasteiger partial charge in [0.25, 0.3) is 5.88 Å². The smallest absolute Gasteiger partial charge is 0.343 e. The number of hydrogen-bond acceptors (Lipinski definition) is 7. The molecule has 1 aromatic heterocycles. The predicted molar refractivity (Wildman–Crippen MR) is 81.0 cm³/mol. The van der Waals surface area contributed by atoms with E-state index in [-0.39, 0.29) is 34.7 Å². The molecule has 0 aliphatic rings. The molecule has 0 aliphatic heterocycles. The number of benzene rings is 1. The van der Waals surface area contributed by atoms with E-state index >= 15 is 0 Å². The molecule has 7 nitrogen and oxygen atoms in total. The summed E-state index contributed by atoms with van der Waals surface area (Å²) in [6, 6.07) is 5.13. The highest BCUT2D eigenvalue weighted by molar-refractivity contribution is 6.32. The van der Waals surface area contributed by atoms with Crippen LogP contribution in [0.25, 0.3) is 0 Å². The molecular formula is C15H10ClFN2O5. The number of halogens is 2. The fourth-order valence-electron chi connectivity index (χ4n) is 1.60. The first kappa shape index (κ1) is 17.4. The van der Waals surface area contributed by atoms with E-state index in [0.717, 1.165) is 12.1 Å². The van der Waals surface area contributed by atoms with Crippen molar-refractivity contribution < 1.29 is 28.2 Å². The first-order valence-corrected chi connectivity index (χ1v) is 6.82. The second-order valence-electron chi connectivity index (χ2n) is 4.21. The number of carbonyl (C=O) groups is 1. The average molecular weight is 353 g/mol. The van der Waals surface area contributed by atoms with Gasteiger partial charge < -0.3 is 14.2 Å². The molecule has 0 fully saturated rings. The second-order valence-corrected chi connectivity index (χ2v) is 4.62. The van der Waals surface area contributed by atoms with E-state index in [1.54, 1.807) is 6.07 Å². The maximum absolute atomic E-state index is 13.6. The van der Waals surface area contributed by atoms with Crippen molar-refractivity contribution >= 4 is 29.3 Å². The Morgan fingerprint density at radius 2 is 2.21 bits per heavy atom. The minimum atomic E-state index is -0.802. The number of esters is 1. The van der Waals surface area contributed by atoms with Gasteiger partial charge in [0.1, 0.15) is 11.4 Å². The molecule has 0 saturated carbocycles. The molecule has 9 heteroatoms. The number of aromatic nitrogens is 1. The molecule has 1 aromatic carbocycles. The summed E-state index contributed by atoms with van der Waals surface area (Å²) in [5.41, 5.74) is -0.287. The quantitative estimate of drug-likeness (QED) is 0.451. The van der Waals surface area contributed by atoms with Gasteiger partial charge in [0.05, 0.1) is 12.1 Å². The number of rotatable bonds is 6. The molecule has 0 aliphatic carbocycles. The Bertz CT molecular complexity index is 808. The Balaban J connectivity index is 2.30. The van der Waals surface area contributed by atoms with E-state index in [2.05, 4.69) is 14.7 Å². The van der Waals surface area contributed by atoms with Gasteiger partial charge in [0, 0.05) is 12.3 Å². The van der Waals surface area contributed by atoms with E-state index in [1.807, 2.05) is 0 Å². The minimum absolute atomic E-state index is 0.00345. The van der Waals surface area contributed by atoms with Crippen molar-refractivity contribution in [3.63, 3.8) is 0 Å². The van der Waals surface area contributed by atoms with Crippen molar-refractivity contribution in [2.45, 2.75) is 0 Å². The molecule has 124 valence electrons. The standard InChI is InChI=1S/C15H10ClFN2O5/c1-22-14(21)7-23-15-12(3-2-4-18-15)24-13-6-11(19-8-20)10(17)5-9(13)16/h2-6H,7H2,1H3. The zero-order chi connectivity index (χ0) is 17.5. The molecule has 0 N–H and O–H groups in total. The molecule has 24 heavy (non-hydrogen) atoms. The molecular weight excluding hydrogens is 343 g/mol. The molecule has 0 saturated heterocycles. The third kappa shape index (κ3) is 4.28. The fraction of sp³-hybridized carbons (Fsp3) is 0.133. The monoisotopic (exact) mass is 352 g/mol. The van der Waals surface area contributed by atoms with Crippen molar-refractivity contribution in [2.75, 3.05) is 13.7 Å². The SMILES string of the molecule is COC(=O)COc1ncccc1Oc1cc(N=C=O)c(F)cc1Cl. The van der Waals surface area contributed by atoms with E-state index in [4.69, 9.17) is 21.1 Å². The van der Waals surface area contributed by atoms with Crippen LogP contribution in [-0.2, 0) is 14.3 Å². The van der Waals surface area contributed by atoms with E-state index in [9.17, 15) is 14.0 Å². The molecule has 2 rings (SSSR count). The molecule has 1 heterocycles. The molecule has 0 bridgehead atoms. The Labute approximate surface area is 140 Å². The highest BCUT2D eigenvalue weighted by Gasteiger charge is 2.14. The van der Waals surface area contributed by atoms with E-state index in [0.29, 0.717) is 0 Å². The zero-order valence-corrected chi connectivity index (χ0v) is 13.0. The number of pyridine rings is 1. The van der Waals surface area contributed by atoms with Crippen molar-refractivity contribution in [1.29, 1.82) is 0 Å². The number of isocyanates is 1. The molecule has 0 atom stereocenters. The number of carbonyl (C=O) groups excluding carboxylic acids is 2. The first-order valence-electron chi connectivity index (χ1n) is 6.44. The summed E-state index contributed by atoms with van der Waals surface area (Å²) in [5.74, 6) is -1.26. The number of methoxy groups -OCH3 is 1. The van der Waals surface area contributed by atoms with Crippen LogP contribution in [0.3, 0.4) is 0 Å². The summed E-state index contributed by atoms with van der Waals surface area (Å²) in [4.78, 5) is 28.6. The van der Waals surface area contributed by atoms with Gasteiger partial charge in [-0.05, 0) is 18.2 Å². The lowest BCUT2D eigenvalue weighted by Gasteiger charge is -2.12. The van der Waals surface area contributed by atoms with Crippen LogP contribution in [0.5, 0.6) is 17.4 Å². The van der Waals surface area contributed by atoms with Gasteiger partial charge in [-0.1, -0.05) is 11.6 Å². The lowest BCUT2D eigenvalue weighted by molar-refractivity contribution is -0.143. The summed E-state index contributed by atoms with van der Waals surface area (Å²) in [5, 5.41) is -0.0554. The summed E-state index contributed by atoms with van der Waals surface area (Å²) in [6.07, 6.45) is 2.66. The second kappa shape index (κ2) is 8.05. The van der Waals surface area contributed by atoms with Gasteiger partial charge in [0.2, 0.25) is 6.08 Å². The van der Waals surface area contributed by atoms with Gasteiger partial charge in [-0.25, -0.2) is 19.0 Å². The topological polar surface area (TPSA) is 87.1 Å². The number of aliphatic imine (C=N–C) groups is 1. The van der Waals surface area contributed by atoms with Crippen LogP contribution in [0.4, 0.5) is 10.1 Å². The van der Waals surface area contributed by atoms with Crippen LogP contribution >= 0.6 is 11.6 Å². The fourth-order valence-corrected chi connectivity index (χ4v) is 1.79. The molecule has 0 amide bonds. The Kier molecular flexibility index (Phi) is 5.83. The summed E-state index contributed by atoms with van der Waals surface area (Å²) in [7, 11) is 1.22. The highest BCUT2D eigenvalue weighted by Crippen LogP contribution is 2.37.